The normalized spacial score (nSPS) is 11.5. The fraction of sp³-hybridized carbons (Fsp3) is 0. The number of aromatic nitrogens is 14. The van der Waals surface area contributed by atoms with Gasteiger partial charge in [-0.05, 0) is 135 Å². The minimum Gasteiger partial charge on any atom is -0.254 e. The van der Waals surface area contributed by atoms with Crippen LogP contribution in [0.1, 0.15) is 0 Å². The summed E-state index contributed by atoms with van der Waals surface area (Å²) in [4.78, 5) is 63.7. The summed E-state index contributed by atoms with van der Waals surface area (Å²) in [5, 5.41) is 10.8. The second kappa shape index (κ2) is 23.3. The third-order valence-corrected chi connectivity index (χ3v) is 17.7. The van der Waals surface area contributed by atoms with Gasteiger partial charge in [0.05, 0.1) is 61.2 Å². The third kappa shape index (κ3) is 10.2. The Morgan fingerprint density at radius 2 is 0.604 bits per heavy atom. The van der Waals surface area contributed by atoms with Gasteiger partial charge in [0.2, 0.25) is 0 Å². The van der Waals surface area contributed by atoms with E-state index in [0.717, 1.165) is 171 Å². The van der Waals surface area contributed by atoms with Crippen molar-refractivity contribution in [3.63, 3.8) is 0 Å². The van der Waals surface area contributed by atoms with E-state index < -0.39 is 0 Å². The van der Waals surface area contributed by atoms with E-state index in [2.05, 4.69) is 251 Å². The van der Waals surface area contributed by atoms with Crippen molar-refractivity contribution in [3.05, 3.63) is 293 Å². The van der Waals surface area contributed by atoms with Gasteiger partial charge in [0, 0.05) is 78.4 Å². The van der Waals surface area contributed by atoms with E-state index in [-0.39, 0.29) is 0 Å². The van der Waals surface area contributed by atoms with Gasteiger partial charge in [0.25, 0.3) is 0 Å². The number of hydrogen-bond donors (Lipinski definition) is 0. The Morgan fingerprint density at radius 3 is 1.21 bits per heavy atom. The average molecular weight is 1230 g/mol. The molecule has 0 saturated heterocycles. The monoisotopic (exact) mass is 1230 g/mol. The SMILES string of the molecule is c1cnc2c(c1)cc(-c1ccc(-c3ccc4cc(-c5ccc6ccc(-c7ncncn7)nc6c5)ccc4n3)cc1)c1cccnc12.c1cnc2c(c1)ccc1ccc(-c3ccc(-c4ccc5cc(-c6ccc7ccc(-c8ncncn8)nc7c6)ccc5n4)c4ccccc34)nc12. The Morgan fingerprint density at radius 1 is 0.198 bits per heavy atom. The van der Waals surface area contributed by atoms with Crippen LogP contribution in [-0.2, 0) is 0 Å². The smallest absolute Gasteiger partial charge is 0.181 e. The summed E-state index contributed by atoms with van der Waals surface area (Å²) < 4.78 is 0. The molecule has 0 aliphatic carbocycles. The highest BCUT2D eigenvalue weighted by atomic mass is 15.0. The molecule has 0 spiro atoms. The van der Waals surface area contributed by atoms with Crippen LogP contribution >= 0.6 is 0 Å². The first kappa shape index (κ1) is 55.4. The molecule has 0 aliphatic rings. The highest BCUT2D eigenvalue weighted by Crippen LogP contribution is 2.39. The van der Waals surface area contributed by atoms with Crippen molar-refractivity contribution >= 4 is 98.0 Å². The Labute approximate surface area is 547 Å². The van der Waals surface area contributed by atoms with Gasteiger partial charge in [0.1, 0.15) is 36.7 Å². The van der Waals surface area contributed by atoms with Crippen LogP contribution in [0.15, 0.2) is 293 Å². The van der Waals surface area contributed by atoms with E-state index in [4.69, 9.17) is 24.9 Å². The predicted molar refractivity (Wildman–Crippen MR) is 383 cm³/mol. The van der Waals surface area contributed by atoms with Gasteiger partial charge in [-0.25, -0.2) is 54.8 Å². The first-order valence-corrected chi connectivity index (χ1v) is 31.3. The number of pyridine rings is 8. The zero-order valence-electron chi connectivity index (χ0n) is 51.0. The average Bonchev–Trinajstić information content (AvgIpc) is 0.798. The number of fused-ring (bicyclic) bond motifs is 11. The lowest BCUT2D eigenvalue weighted by Crippen LogP contribution is -1.93. The van der Waals surface area contributed by atoms with E-state index >= 15 is 0 Å². The molecule has 9 aromatic carbocycles. The number of nitrogens with zero attached hydrogens (tertiary/aromatic N) is 14. The molecule has 0 unspecified atom stereocenters. The zero-order chi connectivity index (χ0) is 63.5. The molecule has 0 fully saturated rings. The Bertz CT molecular complexity index is 6290. The number of rotatable bonds is 8. The van der Waals surface area contributed by atoms with Crippen molar-refractivity contribution < 1.29 is 0 Å². The molecule has 10 aromatic heterocycles. The highest BCUT2D eigenvalue weighted by molar-refractivity contribution is 6.11. The largest absolute Gasteiger partial charge is 0.254 e. The van der Waals surface area contributed by atoms with Crippen LogP contribution in [0, 0.1) is 0 Å². The maximum atomic E-state index is 5.15. The summed E-state index contributed by atoms with van der Waals surface area (Å²) in [6, 6.07) is 86.2. The third-order valence-electron chi connectivity index (χ3n) is 17.7. The number of hydrogen-bond acceptors (Lipinski definition) is 14. The highest BCUT2D eigenvalue weighted by Gasteiger charge is 2.17. The molecule has 0 amide bonds. The number of benzene rings is 9. The molecule has 0 radical (unpaired) electrons. The van der Waals surface area contributed by atoms with Crippen LogP contribution < -0.4 is 0 Å². The topological polar surface area (TPSA) is 180 Å². The van der Waals surface area contributed by atoms with Gasteiger partial charge in [-0.3, -0.25) is 15.0 Å². The Balaban J connectivity index is 0.000000141. The molecule has 96 heavy (non-hydrogen) atoms. The van der Waals surface area contributed by atoms with Gasteiger partial charge in [0.15, 0.2) is 11.6 Å². The molecule has 0 N–H and O–H groups in total. The lowest BCUT2D eigenvalue weighted by molar-refractivity contribution is 1.04. The van der Waals surface area contributed by atoms with Crippen LogP contribution in [0.3, 0.4) is 0 Å². The van der Waals surface area contributed by atoms with Gasteiger partial charge < -0.3 is 0 Å². The van der Waals surface area contributed by atoms with Crippen LogP contribution in [0.2, 0.25) is 0 Å². The summed E-state index contributed by atoms with van der Waals surface area (Å²) in [6.07, 6.45) is 11.4. The standard InChI is InChI=1S/C43H25N7.C39H23N7/c1-2-6-33-32(5-1)34(15-16-35(33)38-18-12-28-9-8-27-4-3-21-45-41(27)42(28)50-38)37-19-14-31-22-29(13-17-36(31)48-37)30-10-7-26-11-20-39(49-40(26)23-30)43-46-24-44-25-47-43;1-3-30-20-32(31-4-2-18-42-38(31)37(30)41-17-1)24-5-7-25(8-6-24)33-15-13-29-19-27(12-14-34(29)45-33)28-10-9-26-11-16-35(46-36(26)21-28)39-43-22-40-23-44-39/h1-25H;1-23H. The quantitative estimate of drug-likeness (QED) is 0.131. The van der Waals surface area contributed by atoms with E-state index in [0.29, 0.717) is 17.3 Å². The lowest BCUT2D eigenvalue weighted by atomic mass is 9.95. The van der Waals surface area contributed by atoms with Crippen molar-refractivity contribution in [2.75, 3.05) is 0 Å². The summed E-state index contributed by atoms with van der Waals surface area (Å²) in [7, 11) is 0. The van der Waals surface area contributed by atoms with E-state index in [9.17, 15) is 0 Å². The Kier molecular flexibility index (Phi) is 13.5. The maximum absolute atomic E-state index is 5.15. The Hall–Kier alpha value is -13.5. The van der Waals surface area contributed by atoms with E-state index in [1.165, 1.54) is 25.3 Å². The van der Waals surface area contributed by atoms with Crippen LogP contribution in [-0.4, -0.2) is 69.8 Å². The molecule has 10 heterocycles. The molecule has 0 saturated carbocycles. The van der Waals surface area contributed by atoms with Crippen molar-refractivity contribution in [3.8, 4) is 90.2 Å². The molecule has 0 atom stereocenters. The van der Waals surface area contributed by atoms with E-state index in [1.807, 2.05) is 61.1 Å². The molecule has 14 nitrogen and oxygen atoms in total. The van der Waals surface area contributed by atoms with Crippen molar-refractivity contribution in [2.24, 2.45) is 0 Å². The molecular weight excluding hydrogens is 1180 g/mol. The van der Waals surface area contributed by atoms with E-state index in [1.54, 1.807) is 0 Å². The first-order valence-electron chi connectivity index (χ1n) is 31.3. The predicted octanol–water partition coefficient (Wildman–Crippen LogP) is 18.6. The van der Waals surface area contributed by atoms with Gasteiger partial charge in [-0.15, -0.1) is 0 Å². The maximum Gasteiger partial charge on any atom is 0.181 e. The summed E-state index contributed by atoms with van der Waals surface area (Å²) >= 11 is 0. The van der Waals surface area contributed by atoms with Crippen molar-refractivity contribution in [2.45, 2.75) is 0 Å². The first-order chi connectivity index (χ1) is 47.5. The molecule has 446 valence electrons. The minimum atomic E-state index is 0.555. The van der Waals surface area contributed by atoms with Crippen LogP contribution in [0.5, 0.6) is 0 Å². The zero-order valence-corrected chi connectivity index (χ0v) is 51.0. The summed E-state index contributed by atoms with van der Waals surface area (Å²) in [5.41, 5.74) is 21.4. The van der Waals surface area contributed by atoms with Crippen molar-refractivity contribution in [1.82, 2.24) is 69.8 Å². The second-order valence-electron chi connectivity index (χ2n) is 23.4. The van der Waals surface area contributed by atoms with Crippen LogP contribution in [0.4, 0.5) is 0 Å². The lowest BCUT2D eigenvalue weighted by Gasteiger charge is -2.13. The molecule has 0 bridgehead atoms. The van der Waals surface area contributed by atoms with Gasteiger partial charge in [-0.1, -0.05) is 158 Å². The van der Waals surface area contributed by atoms with Gasteiger partial charge >= 0.3 is 0 Å². The molecular formula is C82H48N14. The fourth-order valence-electron chi connectivity index (χ4n) is 13.0. The fourth-order valence-corrected chi connectivity index (χ4v) is 13.0. The minimum absolute atomic E-state index is 0.555. The second-order valence-corrected chi connectivity index (χ2v) is 23.4. The summed E-state index contributed by atoms with van der Waals surface area (Å²) in [5.74, 6) is 1.11. The van der Waals surface area contributed by atoms with Gasteiger partial charge in [-0.2, -0.15) is 0 Å². The molecule has 0 aliphatic heterocycles. The van der Waals surface area contributed by atoms with Crippen molar-refractivity contribution in [1.29, 1.82) is 0 Å². The summed E-state index contributed by atoms with van der Waals surface area (Å²) in [6.45, 7) is 0. The van der Waals surface area contributed by atoms with Crippen LogP contribution in [0.25, 0.3) is 188 Å². The molecule has 19 aromatic rings. The molecule has 14 heteroatoms. The molecule has 19 rings (SSSR count).